The predicted molar refractivity (Wildman–Crippen MR) is 233 cm³/mol. The standard InChI is InChI=1S/C49H94O6/c1-5-8-10-12-13-14-15-16-20-23-26-29-33-36-40-47(50)53-43-46(55-49(52)42-38-31-11-9-6-2)44-54-48(51)41-37-34-30-27-24-21-18-17-19-22-25-28-32-35-39-45(4)7-3/h45-46H,5-44H2,1-4H3/t45?,46-/m1/s1. The van der Waals surface area contributed by atoms with Gasteiger partial charge in [-0.15, -0.1) is 0 Å². The highest BCUT2D eigenvalue weighted by Gasteiger charge is 2.19. The van der Waals surface area contributed by atoms with Crippen molar-refractivity contribution < 1.29 is 28.6 Å². The highest BCUT2D eigenvalue weighted by atomic mass is 16.6. The molecule has 1 unspecified atom stereocenters. The molecule has 0 amide bonds. The molecule has 326 valence electrons. The van der Waals surface area contributed by atoms with Gasteiger partial charge in [0.15, 0.2) is 6.10 Å². The van der Waals surface area contributed by atoms with E-state index in [9.17, 15) is 14.4 Å². The SMILES string of the molecule is CCCCCCCCCCCCCCCCC(=O)OC[C@H](COC(=O)CCCCCCCCCCCCCCCCC(C)CC)OC(=O)CCCCCCC. The van der Waals surface area contributed by atoms with Gasteiger partial charge in [-0.3, -0.25) is 14.4 Å². The molecule has 0 bridgehead atoms. The summed E-state index contributed by atoms with van der Waals surface area (Å²) < 4.78 is 16.6. The zero-order valence-corrected chi connectivity index (χ0v) is 37.4. The van der Waals surface area contributed by atoms with Gasteiger partial charge in [-0.2, -0.15) is 0 Å². The summed E-state index contributed by atoms with van der Waals surface area (Å²) in [5.41, 5.74) is 0. The molecule has 55 heavy (non-hydrogen) atoms. The van der Waals surface area contributed by atoms with E-state index in [1.165, 1.54) is 161 Å². The quantitative estimate of drug-likeness (QED) is 0.0348. The third-order valence-electron chi connectivity index (χ3n) is 11.4. The number of rotatable bonds is 44. The Morgan fingerprint density at radius 1 is 0.364 bits per heavy atom. The summed E-state index contributed by atoms with van der Waals surface area (Å²) in [6.45, 7) is 8.98. The Morgan fingerprint density at radius 3 is 0.945 bits per heavy atom. The van der Waals surface area contributed by atoms with E-state index in [0.717, 1.165) is 70.1 Å². The number of hydrogen-bond acceptors (Lipinski definition) is 6. The third-order valence-corrected chi connectivity index (χ3v) is 11.4. The molecule has 0 aliphatic rings. The molecule has 0 heterocycles. The smallest absolute Gasteiger partial charge is 0.306 e. The van der Waals surface area contributed by atoms with Gasteiger partial charge >= 0.3 is 17.9 Å². The molecule has 0 spiro atoms. The molecule has 2 atom stereocenters. The van der Waals surface area contributed by atoms with Crippen LogP contribution in [0, 0.1) is 5.92 Å². The van der Waals surface area contributed by atoms with E-state index >= 15 is 0 Å². The van der Waals surface area contributed by atoms with Crippen LogP contribution >= 0.6 is 0 Å². The summed E-state index contributed by atoms with van der Waals surface area (Å²) in [6.07, 6.45) is 44.0. The molecule has 0 aromatic rings. The lowest BCUT2D eigenvalue weighted by molar-refractivity contribution is -0.167. The zero-order chi connectivity index (χ0) is 40.3. The number of carbonyl (C=O) groups is 3. The monoisotopic (exact) mass is 779 g/mol. The van der Waals surface area contributed by atoms with Crippen LogP contribution < -0.4 is 0 Å². The summed E-state index contributed by atoms with van der Waals surface area (Å²) in [6, 6.07) is 0. The Balaban J connectivity index is 4.08. The van der Waals surface area contributed by atoms with Crippen molar-refractivity contribution in [2.45, 2.75) is 278 Å². The van der Waals surface area contributed by atoms with Crippen molar-refractivity contribution in [3.05, 3.63) is 0 Å². The molecule has 6 nitrogen and oxygen atoms in total. The second kappa shape index (κ2) is 43.5. The van der Waals surface area contributed by atoms with Crippen LogP contribution in [0.2, 0.25) is 0 Å². The van der Waals surface area contributed by atoms with E-state index in [4.69, 9.17) is 14.2 Å². The molecule has 0 aliphatic heterocycles. The van der Waals surface area contributed by atoms with Crippen molar-refractivity contribution in [2.75, 3.05) is 13.2 Å². The molecule has 0 rings (SSSR count). The van der Waals surface area contributed by atoms with Crippen molar-refractivity contribution in [3.63, 3.8) is 0 Å². The van der Waals surface area contributed by atoms with E-state index in [1.54, 1.807) is 0 Å². The third kappa shape index (κ3) is 41.9. The maximum atomic E-state index is 12.5. The highest BCUT2D eigenvalue weighted by molar-refractivity contribution is 5.71. The first kappa shape index (κ1) is 53.4. The fourth-order valence-electron chi connectivity index (χ4n) is 7.30. The van der Waals surface area contributed by atoms with Crippen LogP contribution in [0.1, 0.15) is 272 Å². The van der Waals surface area contributed by atoms with Gasteiger partial charge in [-0.05, 0) is 25.2 Å². The van der Waals surface area contributed by atoms with Crippen LogP contribution in [0.3, 0.4) is 0 Å². The second-order valence-corrected chi connectivity index (χ2v) is 17.0. The molecule has 6 heteroatoms. The average Bonchev–Trinajstić information content (AvgIpc) is 3.18. The van der Waals surface area contributed by atoms with E-state index in [0.29, 0.717) is 19.3 Å². The zero-order valence-electron chi connectivity index (χ0n) is 37.4. The van der Waals surface area contributed by atoms with Crippen molar-refractivity contribution >= 4 is 17.9 Å². The molecule has 0 N–H and O–H groups in total. The lowest BCUT2D eigenvalue weighted by Gasteiger charge is -2.18. The summed E-state index contributed by atoms with van der Waals surface area (Å²) in [4.78, 5) is 37.5. The number of carbonyl (C=O) groups excluding carboxylic acids is 3. The second-order valence-electron chi connectivity index (χ2n) is 17.0. The Kier molecular flexibility index (Phi) is 42.3. The molecule has 0 aromatic heterocycles. The Labute approximate surface area is 342 Å². The molecular formula is C49H94O6. The van der Waals surface area contributed by atoms with Gasteiger partial charge in [0.1, 0.15) is 13.2 Å². The van der Waals surface area contributed by atoms with Gasteiger partial charge in [0.05, 0.1) is 0 Å². The van der Waals surface area contributed by atoms with Crippen LogP contribution in [-0.4, -0.2) is 37.2 Å². The van der Waals surface area contributed by atoms with Crippen LogP contribution in [0.15, 0.2) is 0 Å². The first-order valence-corrected chi connectivity index (χ1v) is 24.4. The van der Waals surface area contributed by atoms with Crippen molar-refractivity contribution in [3.8, 4) is 0 Å². The van der Waals surface area contributed by atoms with E-state index in [-0.39, 0.29) is 31.1 Å². The van der Waals surface area contributed by atoms with Gasteiger partial charge in [0, 0.05) is 19.3 Å². The van der Waals surface area contributed by atoms with Crippen molar-refractivity contribution in [1.29, 1.82) is 0 Å². The normalized spacial score (nSPS) is 12.4. The predicted octanol–water partition coefficient (Wildman–Crippen LogP) is 15.5. The summed E-state index contributed by atoms with van der Waals surface area (Å²) in [5.74, 6) is 0.0321. The molecule has 0 saturated heterocycles. The minimum absolute atomic E-state index is 0.0647. The van der Waals surface area contributed by atoms with Gasteiger partial charge in [0.2, 0.25) is 0 Å². The Morgan fingerprint density at radius 2 is 0.636 bits per heavy atom. The van der Waals surface area contributed by atoms with Gasteiger partial charge < -0.3 is 14.2 Å². The fourth-order valence-corrected chi connectivity index (χ4v) is 7.30. The minimum Gasteiger partial charge on any atom is -0.462 e. The van der Waals surface area contributed by atoms with Gasteiger partial charge in [-0.1, -0.05) is 233 Å². The van der Waals surface area contributed by atoms with Crippen molar-refractivity contribution in [2.24, 2.45) is 5.92 Å². The van der Waals surface area contributed by atoms with Gasteiger partial charge in [-0.25, -0.2) is 0 Å². The van der Waals surface area contributed by atoms with Crippen molar-refractivity contribution in [1.82, 2.24) is 0 Å². The first-order valence-electron chi connectivity index (χ1n) is 24.4. The van der Waals surface area contributed by atoms with Crippen LogP contribution in [0.4, 0.5) is 0 Å². The number of hydrogen-bond donors (Lipinski definition) is 0. The van der Waals surface area contributed by atoms with E-state index < -0.39 is 6.10 Å². The molecule has 0 radical (unpaired) electrons. The maximum Gasteiger partial charge on any atom is 0.306 e. The highest BCUT2D eigenvalue weighted by Crippen LogP contribution is 2.17. The summed E-state index contributed by atoms with van der Waals surface area (Å²) >= 11 is 0. The molecule has 0 saturated carbocycles. The molecule has 0 aliphatic carbocycles. The summed E-state index contributed by atoms with van der Waals surface area (Å²) in [7, 11) is 0. The molecule has 0 fully saturated rings. The lowest BCUT2D eigenvalue weighted by atomic mass is 9.99. The topological polar surface area (TPSA) is 78.9 Å². The van der Waals surface area contributed by atoms with Crippen LogP contribution in [-0.2, 0) is 28.6 Å². The number of ether oxygens (including phenoxy) is 3. The maximum absolute atomic E-state index is 12.5. The fraction of sp³-hybridized carbons (Fsp3) is 0.939. The minimum atomic E-state index is -0.758. The number of unbranched alkanes of at least 4 members (excludes halogenated alkanes) is 30. The van der Waals surface area contributed by atoms with Crippen LogP contribution in [0.25, 0.3) is 0 Å². The summed E-state index contributed by atoms with van der Waals surface area (Å²) in [5, 5.41) is 0. The van der Waals surface area contributed by atoms with Crippen LogP contribution in [0.5, 0.6) is 0 Å². The van der Waals surface area contributed by atoms with E-state index in [1.807, 2.05) is 0 Å². The van der Waals surface area contributed by atoms with E-state index in [2.05, 4.69) is 27.7 Å². The molecule has 0 aromatic carbocycles. The number of esters is 3. The lowest BCUT2D eigenvalue weighted by Crippen LogP contribution is -2.30. The Hall–Kier alpha value is -1.59. The van der Waals surface area contributed by atoms with Gasteiger partial charge in [0.25, 0.3) is 0 Å². The Bertz CT molecular complexity index is 828. The average molecular weight is 779 g/mol. The molecular weight excluding hydrogens is 685 g/mol. The first-order chi connectivity index (χ1) is 26.9. The largest absolute Gasteiger partial charge is 0.462 e.